The van der Waals surface area contributed by atoms with Crippen LogP contribution in [-0.2, 0) is 12.0 Å². The number of hydrogen-bond donors (Lipinski definition) is 1. The van der Waals surface area contributed by atoms with Crippen molar-refractivity contribution in [3.63, 3.8) is 0 Å². The Bertz CT molecular complexity index is 1520. The molecule has 1 N–H and O–H groups in total. The Hall–Kier alpha value is -2.66. The summed E-state index contributed by atoms with van der Waals surface area (Å²) in [4.78, 5) is 8.80. The van der Waals surface area contributed by atoms with Gasteiger partial charge in [-0.2, -0.15) is 0 Å². The van der Waals surface area contributed by atoms with Gasteiger partial charge < -0.3 is 5.11 Å². The smallest absolute Gasteiger partial charge is 0.142 e. The Morgan fingerprint density at radius 3 is 2.20 bits per heavy atom. The van der Waals surface area contributed by atoms with Crippen LogP contribution in [0.25, 0.3) is 10.9 Å². The molecule has 1 unspecified atom stereocenters. The molecular formula is C28H18Cl4N2O. The predicted octanol–water partition coefficient (Wildman–Crippen LogP) is 8.12. The molecule has 0 aliphatic carbocycles. The van der Waals surface area contributed by atoms with Gasteiger partial charge in [0, 0.05) is 45.4 Å². The van der Waals surface area contributed by atoms with Crippen LogP contribution in [0.15, 0.2) is 91.3 Å². The van der Waals surface area contributed by atoms with E-state index in [1.165, 1.54) is 0 Å². The van der Waals surface area contributed by atoms with Crippen LogP contribution in [0.5, 0.6) is 0 Å². The maximum Gasteiger partial charge on any atom is 0.142 e. The van der Waals surface area contributed by atoms with E-state index in [9.17, 15) is 5.11 Å². The van der Waals surface area contributed by atoms with Crippen molar-refractivity contribution in [1.82, 2.24) is 9.97 Å². The first-order valence-electron chi connectivity index (χ1n) is 10.8. The fourth-order valence-corrected chi connectivity index (χ4v) is 5.13. The summed E-state index contributed by atoms with van der Waals surface area (Å²) in [5.74, 6) is 0. The number of hydrogen-bond acceptors (Lipinski definition) is 3. The number of halogens is 4. The van der Waals surface area contributed by atoms with E-state index < -0.39 is 5.60 Å². The van der Waals surface area contributed by atoms with Crippen molar-refractivity contribution >= 4 is 57.3 Å². The normalized spacial score (nSPS) is 13.1. The van der Waals surface area contributed by atoms with Crippen LogP contribution in [0.1, 0.15) is 27.8 Å². The van der Waals surface area contributed by atoms with E-state index in [4.69, 9.17) is 46.4 Å². The zero-order chi connectivity index (χ0) is 24.6. The molecule has 7 heteroatoms. The van der Waals surface area contributed by atoms with E-state index in [1.54, 1.807) is 42.7 Å². The maximum atomic E-state index is 12.2. The molecule has 2 aromatic heterocycles. The largest absolute Gasteiger partial charge is 0.376 e. The highest BCUT2D eigenvalue weighted by molar-refractivity contribution is 6.39. The van der Waals surface area contributed by atoms with Gasteiger partial charge in [0.1, 0.15) is 10.8 Å². The third kappa shape index (κ3) is 4.63. The number of rotatable bonds is 5. The van der Waals surface area contributed by atoms with Crippen LogP contribution >= 0.6 is 46.4 Å². The van der Waals surface area contributed by atoms with E-state index in [0.717, 1.165) is 5.56 Å². The topological polar surface area (TPSA) is 46.0 Å². The maximum absolute atomic E-state index is 12.2. The summed E-state index contributed by atoms with van der Waals surface area (Å²) in [7, 11) is 0. The first-order valence-corrected chi connectivity index (χ1v) is 12.3. The van der Waals surface area contributed by atoms with Crippen molar-refractivity contribution in [2.24, 2.45) is 0 Å². The van der Waals surface area contributed by atoms with Crippen molar-refractivity contribution in [3.05, 3.63) is 139 Å². The van der Waals surface area contributed by atoms with Crippen molar-refractivity contribution in [2.45, 2.75) is 12.0 Å². The number of aromatic nitrogens is 2. The fourth-order valence-electron chi connectivity index (χ4n) is 4.21. The lowest BCUT2D eigenvalue weighted by Crippen LogP contribution is -2.29. The van der Waals surface area contributed by atoms with Crippen LogP contribution in [0.4, 0.5) is 0 Å². The molecule has 0 radical (unpaired) electrons. The Morgan fingerprint density at radius 1 is 0.743 bits per heavy atom. The van der Waals surface area contributed by atoms with E-state index in [0.29, 0.717) is 59.8 Å². The molecule has 5 rings (SSSR count). The minimum Gasteiger partial charge on any atom is -0.376 e. The first kappa shape index (κ1) is 24.1. The molecule has 0 spiro atoms. The lowest BCUT2D eigenvalue weighted by molar-refractivity contribution is 0.125. The molecule has 0 aliphatic rings. The molecule has 0 fully saturated rings. The molecule has 3 aromatic carbocycles. The summed E-state index contributed by atoms with van der Waals surface area (Å²) in [5.41, 5.74) is 2.62. The minimum atomic E-state index is -1.52. The molecule has 5 aromatic rings. The summed E-state index contributed by atoms with van der Waals surface area (Å²) >= 11 is 25.8. The Labute approximate surface area is 222 Å². The molecular weight excluding hydrogens is 522 g/mol. The number of pyridine rings is 2. The van der Waals surface area contributed by atoms with Gasteiger partial charge in [0.25, 0.3) is 0 Å². The van der Waals surface area contributed by atoms with Crippen molar-refractivity contribution in [3.8, 4) is 0 Å². The number of nitrogens with zero attached hydrogens (tertiary/aromatic N) is 2. The molecule has 2 heterocycles. The molecule has 0 saturated heterocycles. The minimum absolute atomic E-state index is 0.336. The molecule has 35 heavy (non-hydrogen) atoms. The summed E-state index contributed by atoms with van der Waals surface area (Å²) in [6.07, 6.45) is 3.79. The second-order valence-electron chi connectivity index (χ2n) is 8.19. The summed E-state index contributed by atoms with van der Waals surface area (Å²) < 4.78 is 0. The lowest BCUT2D eigenvalue weighted by atomic mass is 9.80. The second-order valence-corrected chi connectivity index (χ2v) is 9.80. The monoisotopic (exact) mass is 538 g/mol. The van der Waals surface area contributed by atoms with Gasteiger partial charge in [-0.1, -0.05) is 82.8 Å². The zero-order valence-corrected chi connectivity index (χ0v) is 21.2. The molecule has 1 atom stereocenters. The van der Waals surface area contributed by atoms with Crippen molar-refractivity contribution < 1.29 is 5.11 Å². The summed E-state index contributed by atoms with van der Waals surface area (Å²) in [6.45, 7) is 0. The Balaban J connectivity index is 1.69. The first-order chi connectivity index (χ1) is 16.9. The lowest BCUT2D eigenvalue weighted by Gasteiger charge is -2.30. The third-order valence-electron chi connectivity index (χ3n) is 6.00. The highest BCUT2D eigenvalue weighted by atomic mass is 35.5. The van der Waals surface area contributed by atoms with Crippen LogP contribution in [0.3, 0.4) is 0 Å². The quantitative estimate of drug-likeness (QED) is 0.229. The Kier molecular flexibility index (Phi) is 6.71. The third-order valence-corrected chi connectivity index (χ3v) is 7.23. The van der Waals surface area contributed by atoms with E-state index in [-0.39, 0.29) is 0 Å². The fraction of sp³-hybridized carbons (Fsp3) is 0.0714. The SMILES string of the molecule is OC(c1cccnc1)(c1cccc(Cl)c1)c1ccc2nc(Cl)c(Cc3ccc(Cl)cc3)c(Cl)c2c1. The van der Waals surface area contributed by atoms with Gasteiger partial charge in [-0.15, -0.1) is 0 Å². The van der Waals surface area contributed by atoms with Crippen LogP contribution in [0, 0.1) is 0 Å². The second kappa shape index (κ2) is 9.77. The highest BCUT2D eigenvalue weighted by Gasteiger charge is 2.35. The van der Waals surface area contributed by atoms with Gasteiger partial charge in [0.2, 0.25) is 0 Å². The molecule has 0 aliphatic heterocycles. The van der Waals surface area contributed by atoms with Gasteiger partial charge >= 0.3 is 0 Å². The van der Waals surface area contributed by atoms with Crippen molar-refractivity contribution in [1.29, 1.82) is 0 Å². The van der Waals surface area contributed by atoms with Gasteiger partial charge in [0.05, 0.1) is 10.5 Å². The zero-order valence-electron chi connectivity index (χ0n) is 18.2. The molecule has 0 amide bonds. The standard InChI is InChI=1S/C28H18Cl4N2O/c29-21-9-6-17(7-10-21)13-24-26(31)23-15-19(8-11-25(23)34-27(24)32)28(35,20-4-2-12-33-16-20)18-3-1-5-22(30)14-18/h1-12,14-16,35H,13H2. The number of aliphatic hydroxyl groups is 1. The van der Waals surface area contributed by atoms with Gasteiger partial charge in [-0.25, -0.2) is 4.98 Å². The predicted molar refractivity (Wildman–Crippen MR) is 144 cm³/mol. The number of benzene rings is 3. The summed E-state index contributed by atoms with van der Waals surface area (Å²) in [5, 5.41) is 14.9. The van der Waals surface area contributed by atoms with E-state index in [1.807, 2.05) is 48.5 Å². The van der Waals surface area contributed by atoms with E-state index >= 15 is 0 Å². The van der Waals surface area contributed by atoms with Crippen molar-refractivity contribution in [2.75, 3.05) is 0 Å². The summed E-state index contributed by atoms with van der Waals surface area (Å²) in [6, 6.07) is 23.7. The van der Waals surface area contributed by atoms with Gasteiger partial charge in [-0.3, -0.25) is 4.98 Å². The molecule has 3 nitrogen and oxygen atoms in total. The van der Waals surface area contributed by atoms with E-state index in [2.05, 4.69) is 9.97 Å². The average Bonchev–Trinajstić information content (AvgIpc) is 2.87. The molecule has 0 bridgehead atoms. The Morgan fingerprint density at radius 2 is 1.49 bits per heavy atom. The number of fused-ring (bicyclic) bond motifs is 1. The van der Waals surface area contributed by atoms with Crippen LogP contribution < -0.4 is 0 Å². The van der Waals surface area contributed by atoms with Crippen LogP contribution in [0.2, 0.25) is 20.2 Å². The highest BCUT2D eigenvalue weighted by Crippen LogP contribution is 2.40. The van der Waals surface area contributed by atoms with Gasteiger partial charge in [-0.05, 0) is 59.2 Å². The van der Waals surface area contributed by atoms with Crippen LogP contribution in [-0.4, -0.2) is 15.1 Å². The molecule has 0 saturated carbocycles. The molecule has 174 valence electrons. The average molecular weight is 540 g/mol. The van der Waals surface area contributed by atoms with Gasteiger partial charge in [0.15, 0.2) is 0 Å².